The fourth-order valence-electron chi connectivity index (χ4n) is 2.64. The van der Waals surface area contributed by atoms with Crippen LogP contribution in [0.4, 0.5) is 0 Å². The highest BCUT2D eigenvalue weighted by molar-refractivity contribution is 7.98. The maximum Gasteiger partial charge on any atom is 0.263 e. The van der Waals surface area contributed by atoms with Crippen molar-refractivity contribution in [1.29, 1.82) is 0 Å². The largest absolute Gasteiger partial charge is 0.328 e. The number of amides is 1. The Morgan fingerprint density at radius 2 is 2.17 bits per heavy atom. The summed E-state index contributed by atoms with van der Waals surface area (Å²) in [6.45, 7) is 2.56. The Bertz CT molecular complexity index is 801. The van der Waals surface area contributed by atoms with Crippen LogP contribution < -0.4 is 5.56 Å². The van der Waals surface area contributed by atoms with E-state index in [1.807, 2.05) is 49.4 Å². The minimum atomic E-state index is -0.375. The van der Waals surface area contributed by atoms with Crippen molar-refractivity contribution in [3.63, 3.8) is 0 Å². The molecule has 0 aliphatic carbocycles. The van der Waals surface area contributed by atoms with Crippen LogP contribution in [0.2, 0.25) is 0 Å². The van der Waals surface area contributed by atoms with Crippen LogP contribution in [0.15, 0.2) is 58.4 Å². The van der Waals surface area contributed by atoms with Gasteiger partial charge in [-0.25, -0.2) is 4.98 Å². The van der Waals surface area contributed by atoms with E-state index in [0.29, 0.717) is 18.1 Å². The highest BCUT2D eigenvalue weighted by atomic mass is 32.2. The zero-order chi connectivity index (χ0) is 16.9. The third-order valence-electron chi connectivity index (χ3n) is 3.94. The summed E-state index contributed by atoms with van der Waals surface area (Å²) in [6.07, 6.45) is 6.19. The third-order valence-corrected chi connectivity index (χ3v) is 4.96. The van der Waals surface area contributed by atoms with Gasteiger partial charge in [0.25, 0.3) is 11.5 Å². The molecule has 0 fully saturated rings. The molecular weight excluding hydrogens is 322 g/mol. The number of aromatic amines is 1. The molecule has 24 heavy (non-hydrogen) atoms. The molecule has 1 aromatic carbocycles. The molecule has 1 aliphatic rings. The summed E-state index contributed by atoms with van der Waals surface area (Å²) in [4.78, 5) is 34.6. The van der Waals surface area contributed by atoms with E-state index in [2.05, 4.69) is 9.97 Å². The Hall–Kier alpha value is -2.34. The molecule has 1 atom stereocenters. The number of nitrogens with zero attached hydrogens (tertiary/aromatic N) is 2. The fraction of sp³-hybridized carbons (Fsp3) is 0.278. The summed E-state index contributed by atoms with van der Waals surface area (Å²) >= 11 is 1.59. The normalized spacial score (nSPS) is 16.5. The van der Waals surface area contributed by atoms with E-state index in [4.69, 9.17) is 0 Å². The zero-order valence-corrected chi connectivity index (χ0v) is 14.3. The highest BCUT2D eigenvalue weighted by Crippen LogP contribution is 2.20. The monoisotopic (exact) mass is 341 g/mol. The molecule has 3 rings (SSSR count). The second kappa shape index (κ2) is 7.49. The van der Waals surface area contributed by atoms with Crippen LogP contribution in [-0.4, -0.2) is 33.4 Å². The Kier molecular flexibility index (Phi) is 5.15. The molecule has 1 amide bonds. The SMILES string of the molecule is CC[C@H]1C=CCN1C(=O)c1cnc(CSc2ccccc2)[nH]c1=O. The molecule has 5 nitrogen and oxygen atoms in total. The summed E-state index contributed by atoms with van der Waals surface area (Å²) in [6, 6.07) is 9.97. The number of rotatable bonds is 5. The first kappa shape index (κ1) is 16.5. The molecule has 0 bridgehead atoms. The molecule has 1 N–H and O–H groups in total. The Morgan fingerprint density at radius 3 is 2.88 bits per heavy atom. The smallest absolute Gasteiger partial charge is 0.263 e. The maximum absolute atomic E-state index is 12.5. The van der Waals surface area contributed by atoms with Crippen LogP contribution in [0, 0.1) is 0 Å². The lowest BCUT2D eigenvalue weighted by atomic mass is 10.2. The predicted octanol–water partition coefficient (Wildman–Crippen LogP) is 2.85. The molecule has 6 heteroatoms. The van der Waals surface area contributed by atoms with Crippen molar-refractivity contribution in [3.05, 3.63) is 70.4 Å². The average molecular weight is 341 g/mol. The molecule has 0 saturated heterocycles. The van der Waals surface area contributed by atoms with Gasteiger partial charge in [0, 0.05) is 17.6 Å². The van der Waals surface area contributed by atoms with Gasteiger partial charge in [-0.1, -0.05) is 37.3 Å². The zero-order valence-electron chi connectivity index (χ0n) is 13.4. The van der Waals surface area contributed by atoms with Crippen molar-refractivity contribution in [2.75, 3.05) is 6.54 Å². The van der Waals surface area contributed by atoms with Crippen LogP contribution in [0.1, 0.15) is 29.5 Å². The molecular formula is C18H19N3O2S. The van der Waals surface area contributed by atoms with Gasteiger partial charge in [-0.15, -0.1) is 11.8 Å². The molecule has 2 heterocycles. The second-order valence-electron chi connectivity index (χ2n) is 5.54. The van der Waals surface area contributed by atoms with Gasteiger partial charge in [0.1, 0.15) is 11.4 Å². The molecule has 1 aromatic heterocycles. The minimum absolute atomic E-state index is 0.0604. The van der Waals surface area contributed by atoms with Crippen molar-refractivity contribution in [2.24, 2.45) is 0 Å². The number of thioether (sulfide) groups is 1. The van der Waals surface area contributed by atoms with Crippen LogP contribution in [0.5, 0.6) is 0 Å². The van der Waals surface area contributed by atoms with Crippen molar-refractivity contribution >= 4 is 17.7 Å². The molecule has 0 radical (unpaired) electrons. The summed E-state index contributed by atoms with van der Waals surface area (Å²) in [5, 5.41) is 0. The van der Waals surface area contributed by atoms with E-state index in [0.717, 1.165) is 11.3 Å². The van der Waals surface area contributed by atoms with E-state index in [9.17, 15) is 9.59 Å². The molecule has 124 valence electrons. The van der Waals surface area contributed by atoms with Crippen molar-refractivity contribution in [2.45, 2.75) is 30.0 Å². The van der Waals surface area contributed by atoms with Crippen LogP contribution in [-0.2, 0) is 5.75 Å². The lowest BCUT2D eigenvalue weighted by Crippen LogP contribution is -2.38. The predicted molar refractivity (Wildman–Crippen MR) is 95.1 cm³/mol. The third kappa shape index (κ3) is 3.59. The highest BCUT2D eigenvalue weighted by Gasteiger charge is 2.26. The topological polar surface area (TPSA) is 66.1 Å². The first-order valence-corrected chi connectivity index (χ1v) is 8.91. The van der Waals surface area contributed by atoms with Gasteiger partial charge in [-0.2, -0.15) is 0 Å². The molecule has 1 aliphatic heterocycles. The fourth-order valence-corrected chi connectivity index (χ4v) is 3.44. The van der Waals surface area contributed by atoms with Gasteiger partial charge in [0.15, 0.2) is 0 Å². The van der Waals surface area contributed by atoms with E-state index in [-0.39, 0.29) is 23.1 Å². The number of H-pyrrole nitrogens is 1. The number of carbonyl (C=O) groups excluding carboxylic acids is 1. The Morgan fingerprint density at radius 1 is 1.38 bits per heavy atom. The number of hydrogen-bond donors (Lipinski definition) is 1. The van der Waals surface area contributed by atoms with Gasteiger partial charge in [-0.05, 0) is 18.6 Å². The van der Waals surface area contributed by atoms with Crippen molar-refractivity contribution < 1.29 is 4.79 Å². The van der Waals surface area contributed by atoms with Crippen molar-refractivity contribution in [3.8, 4) is 0 Å². The Labute approximate surface area is 144 Å². The van der Waals surface area contributed by atoms with Crippen LogP contribution in [0.25, 0.3) is 0 Å². The molecule has 0 saturated carbocycles. The van der Waals surface area contributed by atoms with Gasteiger partial charge >= 0.3 is 0 Å². The number of benzene rings is 1. The lowest BCUT2D eigenvalue weighted by molar-refractivity contribution is 0.0745. The Balaban J connectivity index is 1.71. The van der Waals surface area contributed by atoms with E-state index >= 15 is 0 Å². The molecule has 0 unspecified atom stereocenters. The standard InChI is InChI=1S/C18H19N3O2S/c1-2-13-7-6-10-21(13)18(23)15-11-19-16(20-17(15)22)12-24-14-8-4-3-5-9-14/h3-9,11,13H,2,10,12H2,1H3,(H,19,20,22)/t13-/m0/s1. The van der Waals surface area contributed by atoms with Gasteiger partial charge < -0.3 is 9.88 Å². The lowest BCUT2D eigenvalue weighted by Gasteiger charge is -2.23. The minimum Gasteiger partial charge on any atom is -0.328 e. The average Bonchev–Trinajstić information content (AvgIpc) is 3.09. The first-order chi connectivity index (χ1) is 11.7. The summed E-state index contributed by atoms with van der Waals surface area (Å²) in [5.74, 6) is 0.858. The maximum atomic E-state index is 12.5. The van der Waals surface area contributed by atoms with Crippen LogP contribution in [0.3, 0.4) is 0 Å². The van der Waals surface area contributed by atoms with Gasteiger partial charge in [0.2, 0.25) is 0 Å². The number of aromatic nitrogens is 2. The second-order valence-corrected chi connectivity index (χ2v) is 6.58. The number of nitrogens with one attached hydrogen (secondary N) is 1. The molecule has 2 aromatic rings. The van der Waals surface area contributed by atoms with Crippen LogP contribution >= 0.6 is 11.8 Å². The van der Waals surface area contributed by atoms with Crippen molar-refractivity contribution in [1.82, 2.24) is 14.9 Å². The first-order valence-electron chi connectivity index (χ1n) is 7.92. The van der Waals surface area contributed by atoms with E-state index in [1.54, 1.807) is 16.7 Å². The van der Waals surface area contributed by atoms with E-state index < -0.39 is 0 Å². The summed E-state index contributed by atoms with van der Waals surface area (Å²) < 4.78 is 0. The summed E-state index contributed by atoms with van der Waals surface area (Å²) in [7, 11) is 0. The molecule has 0 spiro atoms. The number of hydrogen-bond acceptors (Lipinski definition) is 4. The number of carbonyl (C=O) groups is 1. The summed E-state index contributed by atoms with van der Waals surface area (Å²) in [5.41, 5.74) is -0.272. The quantitative estimate of drug-likeness (QED) is 0.671. The van der Waals surface area contributed by atoms with Gasteiger partial charge in [-0.3, -0.25) is 9.59 Å². The van der Waals surface area contributed by atoms with E-state index in [1.165, 1.54) is 6.20 Å². The van der Waals surface area contributed by atoms with Gasteiger partial charge in [0.05, 0.1) is 11.8 Å².